The fourth-order valence-corrected chi connectivity index (χ4v) is 3.24. The number of guanidine groups is 1. The van der Waals surface area contributed by atoms with Gasteiger partial charge in [0.25, 0.3) is 0 Å². The standard InChI is InChI=1S/C21H36N4O.HI/c1-5-22-21(24-18(3)16-26-4)23-14-19-6-8-20(9-7-19)15-25-12-10-17(2)11-13-25;/h6-9,17-18H,5,10-16H2,1-4H3,(H2,22,23,24);1H. The second-order valence-corrected chi connectivity index (χ2v) is 7.47. The quantitative estimate of drug-likeness (QED) is 0.334. The van der Waals surface area contributed by atoms with E-state index in [1.165, 1.54) is 37.1 Å². The zero-order chi connectivity index (χ0) is 18.8. The van der Waals surface area contributed by atoms with Crippen molar-refractivity contribution in [1.82, 2.24) is 15.5 Å². The maximum atomic E-state index is 5.18. The summed E-state index contributed by atoms with van der Waals surface area (Å²) in [6.07, 6.45) is 2.66. The number of likely N-dealkylation sites (tertiary alicyclic amines) is 1. The molecule has 1 aliphatic heterocycles. The molecule has 5 nitrogen and oxygen atoms in total. The first-order chi connectivity index (χ1) is 12.6. The Bertz CT molecular complexity index is 542. The molecule has 6 heteroatoms. The summed E-state index contributed by atoms with van der Waals surface area (Å²) in [5.41, 5.74) is 2.63. The molecule has 0 radical (unpaired) electrons. The maximum absolute atomic E-state index is 5.18. The highest BCUT2D eigenvalue weighted by Gasteiger charge is 2.15. The third kappa shape index (κ3) is 9.25. The molecule has 1 atom stereocenters. The molecule has 0 spiro atoms. The zero-order valence-electron chi connectivity index (χ0n) is 17.3. The summed E-state index contributed by atoms with van der Waals surface area (Å²) in [6, 6.07) is 9.13. The van der Waals surface area contributed by atoms with Crippen LogP contribution in [-0.4, -0.2) is 50.3 Å². The number of nitrogens with zero attached hydrogens (tertiary/aromatic N) is 2. The van der Waals surface area contributed by atoms with E-state index in [4.69, 9.17) is 4.74 Å². The van der Waals surface area contributed by atoms with Crippen molar-refractivity contribution >= 4 is 29.9 Å². The molecule has 2 N–H and O–H groups in total. The highest BCUT2D eigenvalue weighted by molar-refractivity contribution is 14.0. The highest BCUT2D eigenvalue weighted by atomic mass is 127. The minimum Gasteiger partial charge on any atom is -0.383 e. The third-order valence-electron chi connectivity index (χ3n) is 4.87. The van der Waals surface area contributed by atoms with Crippen LogP contribution in [0.2, 0.25) is 0 Å². The Kier molecular flexibility index (Phi) is 11.9. The zero-order valence-corrected chi connectivity index (χ0v) is 19.7. The SMILES string of the molecule is CCNC(=NCc1ccc(CN2CCC(C)CC2)cc1)NC(C)COC.I. The number of hydrogen-bond acceptors (Lipinski definition) is 3. The van der Waals surface area contributed by atoms with Crippen LogP contribution in [0, 0.1) is 5.92 Å². The summed E-state index contributed by atoms with van der Waals surface area (Å²) in [5, 5.41) is 6.65. The van der Waals surface area contributed by atoms with Gasteiger partial charge in [0, 0.05) is 26.2 Å². The Balaban J connectivity index is 0.00000364. The summed E-state index contributed by atoms with van der Waals surface area (Å²) in [7, 11) is 1.72. The van der Waals surface area contributed by atoms with Gasteiger partial charge >= 0.3 is 0 Å². The fraction of sp³-hybridized carbons (Fsp3) is 0.667. The molecule has 0 aliphatic carbocycles. The molecule has 154 valence electrons. The molecule has 27 heavy (non-hydrogen) atoms. The molecule has 1 saturated heterocycles. The van der Waals surface area contributed by atoms with Gasteiger partial charge in [-0.15, -0.1) is 24.0 Å². The lowest BCUT2D eigenvalue weighted by molar-refractivity contribution is 0.179. The van der Waals surface area contributed by atoms with E-state index in [1.54, 1.807) is 7.11 Å². The van der Waals surface area contributed by atoms with Crippen molar-refractivity contribution in [3.63, 3.8) is 0 Å². The van der Waals surface area contributed by atoms with Crippen LogP contribution in [0.25, 0.3) is 0 Å². The number of benzene rings is 1. The molecule has 0 aromatic heterocycles. The van der Waals surface area contributed by atoms with Gasteiger partial charge in [0.1, 0.15) is 0 Å². The van der Waals surface area contributed by atoms with E-state index in [0.29, 0.717) is 13.2 Å². The topological polar surface area (TPSA) is 48.9 Å². The fourth-order valence-electron chi connectivity index (χ4n) is 3.24. The molecule has 0 amide bonds. The van der Waals surface area contributed by atoms with E-state index in [-0.39, 0.29) is 30.0 Å². The van der Waals surface area contributed by atoms with Gasteiger partial charge in [-0.25, -0.2) is 4.99 Å². The van der Waals surface area contributed by atoms with Crippen LogP contribution in [0.3, 0.4) is 0 Å². The number of nitrogens with one attached hydrogen (secondary N) is 2. The van der Waals surface area contributed by atoms with Gasteiger partial charge in [-0.1, -0.05) is 31.2 Å². The second kappa shape index (κ2) is 13.3. The summed E-state index contributed by atoms with van der Waals surface area (Å²) in [5.74, 6) is 1.72. The van der Waals surface area contributed by atoms with Gasteiger partial charge in [-0.2, -0.15) is 0 Å². The predicted molar refractivity (Wildman–Crippen MR) is 125 cm³/mol. The van der Waals surface area contributed by atoms with Crippen molar-refractivity contribution in [2.24, 2.45) is 10.9 Å². The van der Waals surface area contributed by atoms with Crippen LogP contribution >= 0.6 is 24.0 Å². The minimum atomic E-state index is 0. The average molecular weight is 488 g/mol. The molecule has 2 rings (SSSR count). The molecule has 0 bridgehead atoms. The molecule has 1 aromatic carbocycles. The van der Waals surface area contributed by atoms with E-state index < -0.39 is 0 Å². The number of halogens is 1. The second-order valence-electron chi connectivity index (χ2n) is 7.47. The molecule has 1 heterocycles. The van der Waals surface area contributed by atoms with Crippen LogP contribution < -0.4 is 10.6 Å². The van der Waals surface area contributed by atoms with Crippen molar-refractivity contribution < 1.29 is 4.74 Å². The van der Waals surface area contributed by atoms with E-state index >= 15 is 0 Å². The lowest BCUT2D eigenvalue weighted by Gasteiger charge is -2.30. The molecule has 1 unspecified atom stereocenters. The van der Waals surface area contributed by atoms with Crippen molar-refractivity contribution in [1.29, 1.82) is 0 Å². The van der Waals surface area contributed by atoms with Gasteiger partial charge in [0.15, 0.2) is 5.96 Å². The number of ether oxygens (including phenoxy) is 1. The number of piperidine rings is 1. The monoisotopic (exact) mass is 488 g/mol. The Morgan fingerprint density at radius 1 is 1.22 bits per heavy atom. The van der Waals surface area contributed by atoms with Gasteiger partial charge < -0.3 is 15.4 Å². The van der Waals surface area contributed by atoms with Gasteiger partial charge in [0.2, 0.25) is 0 Å². The van der Waals surface area contributed by atoms with Crippen molar-refractivity contribution in [3.05, 3.63) is 35.4 Å². The highest BCUT2D eigenvalue weighted by Crippen LogP contribution is 2.18. The molecule has 0 saturated carbocycles. The molecular weight excluding hydrogens is 451 g/mol. The first-order valence-corrected chi connectivity index (χ1v) is 9.94. The number of aliphatic imine (C=N–C) groups is 1. The van der Waals surface area contributed by atoms with E-state index in [0.717, 1.165) is 25.0 Å². The van der Waals surface area contributed by atoms with Crippen LogP contribution in [0.5, 0.6) is 0 Å². The molecule has 1 aliphatic rings. The molecule has 1 aromatic rings. The number of rotatable bonds is 8. The van der Waals surface area contributed by atoms with Gasteiger partial charge in [-0.05, 0) is 56.8 Å². The Labute approximate surface area is 182 Å². The normalized spacial score (nSPS) is 17.3. The van der Waals surface area contributed by atoms with Crippen LogP contribution in [0.1, 0.15) is 44.7 Å². The first-order valence-electron chi connectivity index (χ1n) is 9.94. The average Bonchev–Trinajstić information content (AvgIpc) is 2.63. The van der Waals surface area contributed by atoms with E-state index in [9.17, 15) is 0 Å². The summed E-state index contributed by atoms with van der Waals surface area (Å²) in [6.45, 7) is 12.2. The molecule has 1 fully saturated rings. The Morgan fingerprint density at radius 3 is 2.44 bits per heavy atom. The Hall–Kier alpha value is -0.860. The van der Waals surface area contributed by atoms with Gasteiger partial charge in [-0.3, -0.25) is 4.90 Å². The lowest BCUT2D eigenvalue weighted by atomic mass is 9.99. The van der Waals surface area contributed by atoms with Crippen LogP contribution in [0.4, 0.5) is 0 Å². The molecular formula is C21H37IN4O. The summed E-state index contributed by atoms with van der Waals surface area (Å²) >= 11 is 0. The minimum absolute atomic E-state index is 0. The van der Waals surface area contributed by atoms with Crippen molar-refractivity contribution in [2.45, 2.75) is 52.7 Å². The largest absolute Gasteiger partial charge is 0.383 e. The third-order valence-corrected chi connectivity index (χ3v) is 4.87. The van der Waals surface area contributed by atoms with Gasteiger partial charge in [0.05, 0.1) is 13.2 Å². The van der Waals surface area contributed by atoms with Crippen molar-refractivity contribution in [2.75, 3.05) is 33.4 Å². The van der Waals surface area contributed by atoms with E-state index in [1.807, 2.05) is 0 Å². The van der Waals surface area contributed by atoms with E-state index in [2.05, 4.69) is 65.6 Å². The summed E-state index contributed by atoms with van der Waals surface area (Å²) < 4.78 is 5.18. The number of hydrogen-bond donors (Lipinski definition) is 2. The van der Waals surface area contributed by atoms with Crippen LogP contribution in [0.15, 0.2) is 29.3 Å². The van der Waals surface area contributed by atoms with Crippen LogP contribution in [-0.2, 0) is 17.8 Å². The first kappa shape index (κ1) is 24.2. The predicted octanol–water partition coefficient (Wildman–Crippen LogP) is 3.63. The lowest BCUT2D eigenvalue weighted by Crippen LogP contribution is -2.43. The maximum Gasteiger partial charge on any atom is 0.191 e. The number of methoxy groups -OCH3 is 1. The smallest absolute Gasteiger partial charge is 0.191 e. The summed E-state index contributed by atoms with van der Waals surface area (Å²) in [4.78, 5) is 7.26. The van der Waals surface area contributed by atoms with Crippen molar-refractivity contribution in [3.8, 4) is 0 Å². The Morgan fingerprint density at radius 2 is 1.85 bits per heavy atom.